The molecule has 4 heteroatoms. The van der Waals surface area contributed by atoms with Gasteiger partial charge in [-0.15, -0.1) is 0 Å². The van der Waals surface area contributed by atoms with Gasteiger partial charge in [0.2, 0.25) is 0 Å². The van der Waals surface area contributed by atoms with Crippen molar-refractivity contribution >= 4 is 0 Å². The molecule has 1 aromatic heterocycles. The summed E-state index contributed by atoms with van der Waals surface area (Å²) in [5, 5.41) is 3.51. The molecule has 1 aromatic rings. The van der Waals surface area contributed by atoms with E-state index in [0.717, 1.165) is 38.5 Å². The minimum atomic E-state index is 0.500. The summed E-state index contributed by atoms with van der Waals surface area (Å²) in [5.74, 6) is 1.13. The highest BCUT2D eigenvalue weighted by Crippen LogP contribution is 2.07. The maximum absolute atomic E-state index is 5.44. The zero-order chi connectivity index (χ0) is 11.2. The summed E-state index contributed by atoms with van der Waals surface area (Å²) in [6.07, 6.45) is 7.47. The lowest BCUT2D eigenvalue weighted by atomic mass is 10.1. The van der Waals surface area contributed by atoms with Gasteiger partial charge in [0.05, 0.1) is 13.2 Å². The van der Waals surface area contributed by atoms with E-state index >= 15 is 0 Å². The number of aromatic nitrogens is 2. The number of aryl methyl sites for hydroxylation is 1. The van der Waals surface area contributed by atoms with Crippen molar-refractivity contribution < 1.29 is 4.74 Å². The van der Waals surface area contributed by atoms with Gasteiger partial charge in [-0.3, -0.25) is 0 Å². The Hall–Kier alpha value is -0.870. The first-order chi connectivity index (χ1) is 7.90. The predicted molar refractivity (Wildman–Crippen MR) is 63.2 cm³/mol. The molecule has 1 unspecified atom stereocenters. The lowest BCUT2D eigenvalue weighted by molar-refractivity contribution is 0.0696. The quantitative estimate of drug-likeness (QED) is 0.823. The Kier molecular flexibility index (Phi) is 4.36. The van der Waals surface area contributed by atoms with E-state index in [4.69, 9.17) is 4.74 Å². The summed E-state index contributed by atoms with van der Waals surface area (Å²) in [6, 6.07) is 0.500. The molecular formula is C12H21N3O. The zero-order valence-electron chi connectivity index (χ0n) is 9.98. The van der Waals surface area contributed by atoms with Crippen LogP contribution in [-0.2, 0) is 17.8 Å². The van der Waals surface area contributed by atoms with Crippen molar-refractivity contribution in [3.63, 3.8) is 0 Å². The maximum Gasteiger partial charge on any atom is 0.122 e. The molecule has 0 amide bonds. The van der Waals surface area contributed by atoms with Gasteiger partial charge in [-0.25, -0.2) is 4.98 Å². The molecule has 90 valence electrons. The number of nitrogens with zero attached hydrogens (tertiary/aromatic N) is 2. The molecule has 1 aliphatic rings. The molecular weight excluding hydrogens is 202 g/mol. The third-order valence-corrected chi connectivity index (χ3v) is 2.98. The topological polar surface area (TPSA) is 39.1 Å². The van der Waals surface area contributed by atoms with Crippen LogP contribution >= 0.6 is 0 Å². The van der Waals surface area contributed by atoms with Crippen molar-refractivity contribution in [2.24, 2.45) is 0 Å². The fourth-order valence-corrected chi connectivity index (χ4v) is 2.09. The van der Waals surface area contributed by atoms with E-state index < -0.39 is 0 Å². The molecule has 2 rings (SSSR count). The summed E-state index contributed by atoms with van der Waals surface area (Å²) in [4.78, 5) is 4.38. The highest BCUT2D eigenvalue weighted by Gasteiger charge is 2.13. The molecule has 1 N–H and O–H groups in total. The Morgan fingerprint density at radius 3 is 3.31 bits per heavy atom. The van der Waals surface area contributed by atoms with Crippen LogP contribution in [0.15, 0.2) is 12.4 Å². The molecule has 0 bridgehead atoms. The second-order valence-electron chi connectivity index (χ2n) is 4.33. The molecule has 16 heavy (non-hydrogen) atoms. The van der Waals surface area contributed by atoms with E-state index in [0.29, 0.717) is 6.04 Å². The molecule has 0 saturated carbocycles. The molecule has 0 aromatic carbocycles. The van der Waals surface area contributed by atoms with Crippen molar-refractivity contribution in [3.8, 4) is 0 Å². The SMILES string of the molecule is CCCn1ccnc1CNC1CCCOC1. The van der Waals surface area contributed by atoms with Gasteiger partial charge in [0, 0.05) is 31.6 Å². The maximum atomic E-state index is 5.44. The van der Waals surface area contributed by atoms with E-state index in [-0.39, 0.29) is 0 Å². The van der Waals surface area contributed by atoms with Crippen LogP contribution < -0.4 is 5.32 Å². The Morgan fingerprint density at radius 1 is 1.62 bits per heavy atom. The zero-order valence-corrected chi connectivity index (χ0v) is 9.98. The minimum absolute atomic E-state index is 0.500. The van der Waals surface area contributed by atoms with Gasteiger partial charge in [-0.05, 0) is 19.3 Å². The predicted octanol–water partition coefficient (Wildman–Crippen LogP) is 1.56. The first kappa shape index (κ1) is 11.6. The standard InChI is InChI=1S/C12H21N3O/c1-2-6-15-7-5-13-12(15)9-14-11-4-3-8-16-10-11/h5,7,11,14H,2-4,6,8-10H2,1H3. The number of hydrogen-bond acceptors (Lipinski definition) is 3. The van der Waals surface area contributed by atoms with Crippen LogP contribution in [0.4, 0.5) is 0 Å². The molecule has 1 aliphatic heterocycles. The lowest BCUT2D eigenvalue weighted by Crippen LogP contribution is -2.36. The summed E-state index contributed by atoms with van der Waals surface area (Å²) in [6.45, 7) is 5.85. The average molecular weight is 223 g/mol. The van der Waals surface area contributed by atoms with Crippen molar-refractivity contribution in [1.29, 1.82) is 0 Å². The summed E-state index contributed by atoms with van der Waals surface area (Å²) >= 11 is 0. The van der Waals surface area contributed by atoms with Gasteiger partial charge < -0.3 is 14.6 Å². The van der Waals surface area contributed by atoms with Crippen LogP contribution in [0.5, 0.6) is 0 Å². The Balaban J connectivity index is 1.81. The first-order valence-electron chi connectivity index (χ1n) is 6.21. The molecule has 0 spiro atoms. The summed E-state index contributed by atoms with van der Waals surface area (Å²) in [5.41, 5.74) is 0. The van der Waals surface area contributed by atoms with Crippen LogP contribution in [0.2, 0.25) is 0 Å². The number of rotatable bonds is 5. The Labute approximate surface area is 97.0 Å². The smallest absolute Gasteiger partial charge is 0.122 e. The number of hydrogen-bond donors (Lipinski definition) is 1. The van der Waals surface area contributed by atoms with E-state index in [1.807, 2.05) is 6.20 Å². The number of ether oxygens (including phenoxy) is 1. The van der Waals surface area contributed by atoms with E-state index in [1.54, 1.807) is 0 Å². The Morgan fingerprint density at radius 2 is 2.56 bits per heavy atom. The summed E-state index contributed by atoms with van der Waals surface area (Å²) in [7, 11) is 0. The van der Waals surface area contributed by atoms with Gasteiger partial charge in [0.15, 0.2) is 0 Å². The van der Waals surface area contributed by atoms with Crippen molar-refractivity contribution in [2.45, 2.75) is 45.3 Å². The molecule has 4 nitrogen and oxygen atoms in total. The van der Waals surface area contributed by atoms with Gasteiger partial charge in [-0.2, -0.15) is 0 Å². The molecule has 1 fully saturated rings. The van der Waals surface area contributed by atoms with E-state index in [1.165, 1.54) is 12.8 Å². The number of imidazole rings is 1. The van der Waals surface area contributed by atoms with Gasteiger partial charge >= 0.3 is 0 Å². The largest absolute Gasteiger partial charge is 0.380 e. The van der Waals surface area contributed by atoms with Crippen LogP contribution in [0.25, 0.3) is 0 Å². The van der Waals surface area contributed by atoms with Gasteiger partial charge in [0.1, 0.15) is 5.82 Å². The van der Waals surface area contributed by atoms with Crippen LogP contribution in [0.1, 0.15) is 32.0 Å². The molecule has 2 heterocycles. The van der Waals surface area contributed by atoms with Gasteiger partial charge in [-0.1, -0.05) is 6.92 Å². The van der Waals surface area contributed by atoms with Crippen molar-refractivity contribution in [2.75, 3.05) is 13.2 Å². The fourth-order valence-electron chi connectivity index (χ4n) is 2.09. The van der Waals surface area contributed by atoms with Gasteiger partial charge in [0.25, 0.3) is 0 Å². The highest BCUT2D eigenvalue weighted by molar-refractivity contribution is 4.92. The van der Waals surface area contributed by atoms with Crippen LogP contribution in [-0.4, -0.2) is 28.8 Å². The van der Waals surface area contributed by atoms with E-state index in [2.05, 4.69) is 28.0 Å². The first-order valence-corrected chi connectivity index (χ1v) is 6.21. The highest BCUT2D eigenvalue weighted by atomic mass is 16.5. The van der Waals surface area contributed by atoms with Crippen molar-refractivity contribution in [1.82, 2.24) is 14.9 Å². The number of nitrogens with one attached hydrogen (secondary N) is 1. The molecule has 0 radical (unpaired) electrons. The van der Waals surface area contributed by atoms with Crippen LogP contribution in [0.3, 0.4) is 0 Å². The lowest BCUT2D eigenvalue weighted by Gasteiger charge is -2.23. The minimum Gasteiger partial charge on any atom is -0.380 e. The van der Waals surface area contributed by atoms with Crippen molar-refractivity contribution in [3.05, 3.63) is 18.2 Å². The second kappa shape index (κ2) is 6.01. The Bertz CT molecular complexity index is 305. The third kappa shape index (κ3) is 3.06. The summed E-state index contributed by atoms with van der Waals surface area (Å²) < 4.78 is 7.66. The normalized spacial score (nSPS) is 21.2. The van der Waals surface area contributed by atoms with Crippen LogP contribution in [0, 0.1) is 0 Å². The third-order valence-electron chi connectivity index (χ3n) is 2.98. The monoisotopic (exact) mass is 223 g/mol. The molecule has 1 atom stereocenters. The molecule has 0 aliphatic carbocycles. The second-order valence-corrected chi connectivity index (χ2v) is 4.33. The van der Waals surface area contributed by atoms with E-state index in [9.17, 15) is 0 Å². The fraction of sp³-hybridized carbons (Fsp3) is 0.750. The molecule has 1 saturated heterocycles. The average Bonchev–Trinajstić information content (AvgIpc) is 2.76.